The zero-order chi connectivity index (χ0) is 17.7. The molecule has 0 spiro atoms. The first-order valence-electron chi connectivity index (χ1n) is 7.45. The number of nitrogens with zero attached hydrogens (tertiary/aromatic N) is 1. The van der Waals surface area contributed by atoms with Crippen molar-refractivity contribution in [3.8, 4) is 0 Å². The summed E-state index contributed by atoms with van der Waals surface area (Å²) in [5.74, 6) is -0.669. The number of carbonyl (C=O) groups is 2. The van der Waals surface area contributed by atoms with Gasteiger partial charge >= 0.3 is 0 Å². The normalized spacial score (nSPS) is 23.9. The van der Waals surface area contributed by atoms with Crippen molar-refractivity contribution in [2.24, 2.45) is 5.73 Å². The number of carbonyl (C=O) groups excluding carboxylic acids is 2. The first kappa shape index (κ1) is 16.6. The van der Waals surface area contributed by atoms with Crippen LogP contribution in [0.15, 0.2) is 52.5 Å². The van der Waals surface area contributed by atoms with Crippen molar-refractivity contribution in [2.75, 3.05) is 6.26 Å². The lowest BCUT2D eigenvalue weighted by atomic mass is 9.86. The molecular formula is C17H18N2O4S. The Kier molecular flexibility index (Phi) is 3.73. The van der Waals surface area contributed by atoms with E-state index in [2.05, 4.69) is 0 Å². The molecule has 1 aromatic carbocycles. The molecule has 1 aromatic rings. The Morgan fingerprint density at radius 2 is 1.79 bits per heavy atom. The molecule has 1 atom stereocenters. The lowest BCUT2D eigenvalue weighted by Gasteiger charge is -2.23. The highest BCUT2D eigenvalue weighted by Crippen LogP contribution is 2.33. The zero-order valence-corrected chi connectivity index (χ0v) is 14.3. The number of imide groups is 1. The van der Waals surface area contributed by atoms with Gasteiger partial charge in [0.1, 0.15) is 0 Å². The van der Waals surface area contributed by atoms with Crippen molar-refractivity contribution in [3.05, 3.63) is 53.1 Å². The molecule has 126 valence electrons. The fourth-order valence-electron chi connectivity index (χ4n) is 2.87. The van der Waals surface area contributed by atoms with Crippen molar-refractivity contribution in [1.82, 2.24) is 4.90 Å². The molecule has 0 saturated carbocycles. The SMILES string of the molecule is CC1(N)C=CC2=C(C1)C(=O)N(Cc1ccc(S(C)(=O)=O)cc1)C2=O. The topological polar surface area (TPSA) is 97.5 Å². The van der Waals surface area contributed by atoms with Crippen LogP contribution in [-0.2, 0) is 26.0 Å². The molecule has 1 aliphatic heterocycles. The minimum atomic E-state index is -3.28. The van der Waals surface area contributed by atoms with Crippen molar-refractivity contribution in [1.29, 1.82) is 0 Å². The van der Waals surface area contributed by atoms with E-state index in [4.69, 9.17) is 5.73 Å². The maximum absolute atomic E-state index is 12.5. The van der Waals surface area contributed by atoms with Crippen LogP contribution >= 0.6 is 0 Å². The standard InChI is InChI=1S/C17H18N2O4S/c1-17(18)8-7-13-14(9-17)16(21)19(15(13)20)10-11-3-5-12(6-4-11)24(2,22)23/h3-8H,9-10,18H2,1-2H3. The molecule has 0 aromatic heterocycles. The van der Waals surface area contributed by atoms with E-state index in [1.807, 2.05) is 0 Å². The molecule has 3 rings (SSSR count). The van der Waals surface area contributed by atoms with Crippen LogP contribution in [0.4, 0.5) is 0 Å². The Balaban J connectivity index is 1.82. The number of sulfone groups is 1. The molecular weight excluding hydrogens is 328 g/mol. The van der Waals surface area contributed by atoms with Crippen LogP contribution in [0.1, 0.15) is 18.9 Å². The van der Waals surface area contributed by atoms with Crippen molar-refractivity contribution in [3.63, 3.8) is 0 Å². The van der Waals surface area contributed by atoms with E-state index >= 15 is 0 Å². The van der Waals surface area contributed by atoms with Crippen molar-refractivity contribution >= 4 is 21.7 Å². The summed E-state index contributed by atoms with van der Waals surface area (Å²) in [6, 6.07) is 6.16. The van der Waals surface area contributed by atoms with Crippen molar-refractivity contribution in [2.45, 2.75) is 30.3 Å². The van der Waals surface area contributed by atoms with E-state index in [-0.39, 0.29) is 23.3 Å². The second-order valence-corrected chi connectivity index (χ2v) is 8.54. The van der Waals surface area contributed by atoms with E-state index in [1.54, 1.807) is 31.2 Å². The van der Waals surface area contributed by atoms with Gasteiger partial charge in [0.2, 0.25) is 0 Å². The van der Waals surface area contributed by atoms with Crippen LogP contribution in [0.3, 0.4) is 0 Å². The Morgan fingerprint density at radius 1 is 1.17 bits per heavy atom. The third kappa shape index (κ3) is 2.92. The lowest BCUT2D eigenvalue weighted by Crippen LogP contribution is -2.37. The van der Waals surface area contributed by atoms with Gasteiger partial charge in [-0.3, -0.25) is 14.5 Å². The summed E-state index contributed by atoms with van der Waals surface area (Å²) < 4.78 is 23.0. The quantitative estimate of drug-likeness (QED) is 0.821. The number of amides is 2. The molecule has 0 fully saturated rings. The number of hydrogen-bond donors (Lipinski definition) is 1. The van der Waals surface area contributed by atoms with Crippen LogP contribution in [0.25, 0.3) is 0 Å². The summed E-state index contributed by atoms with van der Waals surface area (Å²) in [5, 5.41) is 0. The molecule has 0 saturated heterocycles. The molecule has 24 heavy (non-hydrogen) atoms. The lowest BCUT2D eigenvalue weighted by molar-refractivity contribution is -0.138. The molecule has 2 N–H and O–H groups in total. The molecule has 1 heterocycles. The highest BCUT2D eigenvalue weighted by molar-refractivity contribution is 7.90. The summed E-state index contributed by atoms with van der Waals surface area (Å²) in [4.78, 5) is 26.4. The molecule has 0 radical (unpaired) electrons. The van der Waals surface area contributed by atoms with Gasteiger partial charge in [-0.15, -0.1) is 0 Å². The number of nitrogens with two attached hydrogens (primary N) is 1. The van der Waals surface area contributed by atoms with Gasteiger partial charge in [-0.1, -0.05) is 24.3 Å². The van der Waals surface area contributed by atoms with E-state index < -0.39 is 15.4 Å². The molecule has 1 unspecified atom stereocenters. The molecule has 0 bridgehead atoms. The van der Waals surface area contributed by atoms with Gasteiger partial charge in [0, 0.05) is 22.9 Å². The van der Waals surface area contributed by atoms with Crippen LogP contribution in [-0.4, -0.2) is 36.9 Å². The molecule has 6 nitrogen and oxygen atoms in total. The average molecular weight is 346 g/mol. The largest absolute Gasteiger partial charge is 0.322 e. The van der Waals surface area contributed by atoms with Crippen molar-refractivity contribution < 1.29 is 18.0 Å². The highest BCUT2D eigenvalue weighted by Gasteiger charge is 2.40. The molecule has 1 aliphatic carbocycles. The molecule has 7 heteroatoms. The van der Waals surface area contributed by atoms with E-state index in [1.165, 1.54) is 17.0 Å². The van der Waals surface area contributed by atoms with Gasteiger partial charge in [-0.2, -0.15) is 0 Å². The maximum atomic E-state index is 12.5. The monoisotopic (exact) mass is 346 g/mol. The maximum Gasteiger partial charge on any atom is 0.261 e. The summed E-state index contributed by atoms with van der Waals surface area (Å²) >= 11 is 0. The second-order valence-electron chi connectivity index (χ2n) is 6.52. The number of rotatable bonds is 3. The number of hydrogen-bond acceptors (Lipinski definition) is 5. The predicted octanol–water partition coefficient (Wildman–Crippen LogP) is 0.933. The van der Waals surface area contributed by atoms with Gasteiger partial charge in [-0.05, 0) is 31.0 Å². The van der Waals surface area contributed by atoms with Crippen LogP contribution in [0.2, 0.25) is 0 Å². The van der Waals surface area contributed by atoms with Gasteiger partial charge < -0.3 is 5.73 Å². The van der Waals surface area contributed by atoms with Crippen LogP contribution < -0.4 is 5.73 Å². The smallest absolute Gasteiger partial charge is 0.261 e. The summed E-state index contributed by atoms with van der Waals surface area (Å²) in [6.45, 7) is 1.90. The van der Waals surface area contributed by atoms with E-state index in [0.717, 1.165) is 6.26 Å². The van der Waals surface area contributed by atoms with Gasteiger partial charge in [0.25, 0.3) is 11.8 Å². The Labute approximate surface area is 140 Å². The Morgan fingerprint density at radius 3 is 2.38 bits per heavy atom. The van der Waals surface area contributed by atoms with E-state index in [9.17, 15) is 18.0 Å². The molecule has 2 amide bonds. The summed E-state index contributed by atoms with van der Waals surface area (Å²) in [7, 11) is -3.28. The Bertz CT molecular complexity index is 893. The van der Waals surface area contributed by atoms with Crippen LogP contribution in [0, 0.1) is 0 Å². The Hall–Kier alpha value is -2.25. The predicted molar refractivity (Wildman–Crippen MR) is 88.5 cm³/mol. The van der Waals surface area contributed by atoms with Crippen LogP contribution in [0.5, 0.6) is 0 Å². The minimum absolute atomic E-state index is 0.101. The van der Waals surface area contributed by atoms with Gasteiger partial charge in [0.15, 0.2) is 9.84 Å². The third-order valence-electron chi connectivity index (χ3n) is 4.18. The highest BCUT2D eigenvalue weighted by atomic mass is 32.2. The first-order valence-corrected chi connectivity index (χ1v) is 9.34. The third-order valence-corrected chi connectivity index (χ3v) is 5.31. The second kappa shape index (κ2) is 5.39. The minimum Gasteiger partial charge on any atom is -0.322 e. The molecule has 2 aliphatic rings. The van der Waals surface area contributed by atoms with E-state index in [0.29, 0.717) is 23.1 Å². The summed E-state index contributed by atoms with van der Waals surface area (Å²) in [5.41, 5.74) is 6.93. The summed E-state index contributed by atoms with van der Waals surface area (Å²) in [6.07, 6.45) is 4.81. The van der Waals surface area contributed by atoms with Gasteiger partial charge in [0.05, 0.1) is 11.4 Å². The number of benzene rings is 1. The van der Waals surface area contributed by atoms with Gasteiger partial charge in [-0.25, -0.2) is 8.42 Å². The first-order chi connectivity index (χ1) is 11.1. The zero-order valence-electron chi connectivity index (χ0n) is 13.4. The fraction of sp³-hybridized carbons (Fsp3) is 0.294. The average Bonchev–Trinajstić information content (AvgIpc) is 2.70. The fourth-order valence-corrected chi connectivity index (χ4v) is 3.50.